The molecule has 0 aromatic heterocycles. The van der Waals surface area contributed by atoms with E-state index in [1.165, 1.54) is 0 Å². The van der Waals surface area contributed by atoms with Crippen LogP contribution in [0, 0.1) is 0 Å². The third-order valence-corrected chi connectivity index (χ3v) is 4.92. The van der Waals surface area contributed by atoms with Gasteiger partial charge in [-0.2, -0.15) is 12.6 Å². The van der Waals surface area contributed by atoms with E-state index in [1.54, 1.807) is 7.48 Å². The van der Waals surface area contributed by atoms with Gasteiger partial charge in [0.15, 0.2) is 0 Å². The molecule has 0 bridgehead atoms. The maximum absolute atomic E-state index is 6.21. The van der Waals surface area contributed by atoms with E-state index in [-0.39, 0.29) is 10.3 Å². The first-order valence-electron chi connectivity index (χ1n) is 6.64. The number of thiol groups is 1. The van der Waals surface area contributed by atoms with Gasteiger partial charge < -0.3 is 10.4 Å². The van der Waals surface area contributed by atoms with Crippen molar-refractivity contribution in [1.82, 2.24) is 0 Å². The van der Waals surface area contributed by atoms with Crippen LogP contribution in [0.4, 0.5) is 0 Å². The molecule has 5 heteroatoms. The van der Waals surface area contributed by atoms with E-state index in [0.717, 1.165) is 28.7 Å². The molecule has 1 aliphatic carbocycles. The lowest BCUT2D eigenvalue weighted by Crippen LogP contribution is -2.46. The van der Waals surface area contributed by atoms with Crippen LogP contribution in [0.1, 0.15) is 38.8 Å². The van der Waals surface area contributed by atoms with Crippen LogP contribution in [0.25, 0.3) is 5.70 Å². The Morgan fingerprint density at radius 3 is 2.55 bits per heavy atom. The minimum atomic E-state index is -0.389. The van der Waals surface area contributed by atoms with Gasteiger partial charge in [-0.05, 0) is 51.2 Å². The molecule has 0 atom stereocenters. The molecule has 2 N–H and O–H groups in total. The molecule has 2 rings (SSSR count). The first-order chi connectivity index (χ1) is 9.13. The van der Waals surface area contributed by atoms with Crippen molar-refractivity contribution >= 4 is 42.9 Å². The molecule has 1 aromatic rings. The summed E-state index contributed by atoms with van der Waals surface area (Å²) in [5.74, 6) is 0. The van der Waals surface area contributed by atoms with Crippen molar-refractivity contribution < 1.29 is 4.65 Å². The lowest BCUT2D eigenvalue weighted by Gasteiger charge is -2.38. The normalized spacial score (nSPS) is 15.0. The Kier molecular flexibility index (Phi) is 4.21. The second-order valence-corrected chi connectivity index (χ2v) is 7.68. The lowest BCUT2D eigenvalue weighted by molar-refractivity contribution is 0.0854. The molecular weight excluding hydrogens is 289 g/mol. The molecule has 1 radical (unpaired) electrons. The maximum Gasteiger partial charge on any atom is 0.331 e. The summed E-state index contributed by atoms with van der Waals surface area (Å²) in [5.41, 5.74) is 9.42. The van der Waals surface area contributed by atoms with E-state index in [9.17, 15) is 0 Å². The van der Waals surface area contributed by atoms with Gasteiger partial charge in [0.05, 0.1) is 10.6 Å². The zero-order valence-electron chi connectivity index (χ0n) is 12.3. The maximum atomic E-state index is 6.21. The van der Waals surface area contributed by atoms with Crippen LogP contribution in [0.3, 0.4) is 0 Å². The number of halogens is 1. The van der Waals surface area contributed by atoms with Gasteiger partial charge in [-0.25, -0.2) is 0 Å². The van der Waals surface area contributed by atoms with Crippen LogP contribution in [-0.2, 0) is 11.1 Å². The lowest BCUT2D eigenvalue weighted by atomic mass is 9.80. The zero-order valence-corrected chi connectivity index (χ0v) is 14.0. The Labute approximate surface area is 132 Å². The van der Waals surface area contributed by atoms with Crippen molar-refractivity contribution in [3.05, 3.63) is 34.4 Å². The second kappa shape index (κ2) is 5.32. The van der Waals surface area contributed by atoms with Crippen molar-refractivity contribution in [3.8, 4) is 0 Å². The SMILES string of the molecule is CC(C)(S)C(C)(C)O[B]c1ccc(Cl)c2c1CC=C2N. The number of rotatable bonds is 4. The highest BCUT2D eigenvalue weighted by molar-refractivity contribution is 7.81. The second-order valence-electron chi connectivity index (χ2n) is 6.16. The molecule has 1 aliphatic rings. The molecule has 0 fully saturated rings. The smallest absolute Gasteiger partial charge is 0.331 e. The Hall–Kier alpha value is -0.575. The van der Waals surface area contributed by atoms with E-state index in [2.05, 4.69) is 12.6 Å². The summed E-state index contributed by atoms with van der Waals surface area (Å²) in [6.45, 7) is 8.13. The van der Waals surface area contributed by atoms with Crippen LogP contribution >= 0.6 is 24.2 Å². The topological polar surface area (TPSA) is 35.2 Å². The summed E-state index contributed by atoms with van der Waals surface area (Å²) in [4.78, 5) is 0. The number of hydrogen-bond donors (Lipinski definition) is 2. The molecule has 0 heterocycles. The van der Waals surface area contributed by atoms with Crippen molar-refractivity contribution in [3.63, 3.8) is 0 Å². The average molecular weight is 309 g/mol. The fourth-order valence-corrected chi connectivity index (χ4v) is 2.29. The minimum Gasteiger partial charge on any atom is -0.428 e. The van der Waals surface area contributed by atoms with E-state index < -0.39 is 0 Å². The van der Waals surface area contributed by atoms with Crippen LogP contribution in [-0.4, -0.2) is 17.8 Å². The predicted molar refractivity (Wildman–Crippen MR) is 90.9 cm³/mol. The highest BCUT2D eigenvalue weighted by Crippen LogP contribution is 2.32. The summed E-state index contributed by atoms with van der Waals surface area (Å²) < 4.78 is 5.72. The minimum absolute atomic E-state index is 0.254. The molecule has 0 saturated carbocycles. The summed E-state index contributed by atoms with van der Waals surface area (Å²) in [5, 5.41) is 0.692. The molecule has 0 amide bonds. The average Bonchev–Trinajstić information content (AvgIpc) is 2.70. The van der Waals surface area contributed by atoms with Crippen LogP contribution in [0.5, 0.6) is 0 Å². The number of allylic oxidation sites excluding steroid dienone is 1. The molecule has 0 saturated heterocycles. The van der Waals surface area contributed by atoms with Gasteiger partial charge in [0, 0.05) is 16.0 Å². The molecule has 107 valence electrons. The number of hydrogen-bond acceptors (Lipinski definition) is 3. The van der Waals surface area contributed by atoms with Gasteiger partial charge in [-0.15, -0.1) is 0 Å². The third kappa shape index (κ3) is 2.88. The molecule has 0 aliphatic heterocycles. The predicted octanol–water partition coefficient (Wildman–Crippen LogP) is 2.94. The van der Waals surface area contributed by atoms with E-state index in [0.29, 0.717) is 5.02 Å². The number of benzene rings is 1. The number of fused-ring (bicyclic) bond motifs is 1. The van der Waals surface area contributed by atoms with E-state index in [4.69, 9.17) is 22.0 Å². The fraction of sp³-hybridized carbons (Fsp3) is 0.467. The summed E-state index contributed by atoms with van der Waals surface area (Å²) in [6.07, 6.45) is 2.78. The highest BCUT2D eigenvalue weighted by atomic mass is 35.5. The molecule has 2 nitrogen and oxygen atoms in total. The van der Waals surface area contributed by atoms with Gasteiger partial charge in [-0.1, -0.05) is 23.7 Å². The molecular formula is C15H20BClNOS. The Morgan fingerprint density at radius 1 is 1.30 bits per heavy atom. The highest BCUT2D eigenvalue weighted by Gasteiger charge is 2.35. The first kappa shape index (κ1) is 15.8. The van der Waals surface area contributed by atoms with Crippen LogP contribution in [0.15, 0.2) is 18.2 Å². The summed E-state index contributed by atoms with van der Waals surface area (Å²) in [7, 11) is 1.79. The molecule has 0 spiro atoms. The monoisotopic (exact) mass is 308 g/mol. The van der Waals surface area contributed by atoms with E-state index in [1.807, 2.05) is 45.9 Å². The van der Waals surface area contributed by atoms with Crippen molar-refractivity contribution in [2.45, 2.75) is 44.5 Å². The molecule has 20 heavy (non-hydrogen) atoms. The van der Waals surface area contributed by atoms with Gasteiger partial charge in [0.2, 0.25) is 0 Å². The fourth-order valence-electron chi connectivity index (χ4n) is 1.95. The molecule has 0 unspecified atom stereocenters. The van der Waals surface area contributed by atoms with Gasteiger partial charge in [0.25, 0.3) is 0 Å². The summed E-state index contributed by atoms with van der Waals surface area (Å²) in [6, 6.07) is 3.83. The third-order valence-electron chi connectivity index (χ3n) is 4.07. The quantitative estimate of drug-likeness (QED) is 0.662. The van der Waals surface area contributed by atoms with Gasteiger partial charge in [-0.3, -0.25) is 0 Å². The Balaban J connectivity index is 2.22. The van der Waals surface area contributed by atoms with Crippen molar-refractivity contribution in [1.29, 1.82) is 0 Å². The van der Waals surface area contributed by atoms with Crippen molar-refractivity contribution in [2.75, 3.05) is 0 Å². The standard InChI is InChI=1S/C15H20BClNOS/c1-14(2,15(3,4)20)19-16-10-6-7-11(17)13-9(10)5-8-12(13)18/h6-8,20H,5,18H2,1-4H3. The zero-order chi connectivity index (χ0) is 15.1. The van der Waals surface area contributed by atoms with Crippen LogP contribution in [0.2, 0.25) is 5.02 Å². The Bertz CT molecular complexity index is 564. The van der Waals surface area contributed by atoms with E-state index >= 15 is 0 Å². The van der Waals surface area contributed by atoms with Gasteiger partial charge >= 0.3 is 7.48 Å². The summed E-state index contributed by atoms with van der Waals surface area (Å²) >= 11 is 10.8. The molecule has 1 aromatic carbocycles. The number of nitrogens with two attached hydrogens (primary N) is 1. The van der Waals surface area contributed by atoms with Gasteiger partial charge in [0.1, 0.15) is 0 Å². The first-order valence-corrected chi connectivity index (χ1v) is 7.47. The Morgan fingerprint density at radius 2 is 1.95 bits per heavy atom. The largest absolute Gasteiger partial charge is 0.428 e. The van der Waals surface area contributed by atoms with Crippen LogP contribution < -0.4 is 11.2 Å². The van der Waals surface area contributed by atoms with Crippen molar-refractivity contribution in [2.24, 2.45) is 5.73 Å².